The summed E-state index contributed by atoms with van der Waals surface area (Å²) in [6.07, 6.45) is 1.91. The number of aromatic nitrogens is 2. The molecule has 2 aromatic rings. The molecule has 0 saturated heterocycles. The molecule has 4 nitrogen and oxygen atoms in total. The number of thioether (sulfide) groups is 1. The Hall–Kier alpha value is -1.24. The quantitative estimate of drug-likeness (QED) is 0.524. The maximum atomic E-state index is 10.9. The molecule has 104 valence electrons. The maximum Gasteiger partial charge on any atom is 0.221 e. The first-order valence-electron chi connectivity index (χ1n) is 5.71. The molecule has 0 aliphatic heterocycles. The molecule has 0 aliphatic carbocycles. The number of carbonyl (C=O) groups is 1. The Morgan fingerprint density at radius 1 is 1.25 bits per heavy atom. The van der Waals surface area contributed by atoms with Gasteiger partial charge in [0.25, 0.3) is 0 Å². The molecule has 1 N–H and O–H groups in total. The summed E-state index contributed by atoms with van der Waals surface area (Å²) in [4.78, 5) is 20.4. The number of anilines is 1. The lowest BCUT2D eigenvalue weighted by atomic mass is 10.3. The highest BCUT2D eigenvalue weighted by Gasteiger charge is 2.05. The predicted molar refractivity (Wildman–Crippen MR) is 83.7 cm³/mol. The topological polar surface area (TPSA) is 54.9 Å². The lowest BCUT2D eigenvalue weighted by Crippen LogP contribution is -2.05. The Labute approximate surface area is 130 Å². The molecular weight excluding hydrogens is 314 g/mol. The van der Waals surface area contributed by atoms with Gasteiger partial charge in [0.2, 0.25) is 5.91 Å². The molecular formula is C13H12ClN3OS2. The van der Waals surface area contributed by atoms with E-state index < -0.39 is 0 Å². The van der Waals surface area contributed by atoms with Crippen molar-refractivity contribution in [2.45, 2.75) is 22.0 Å². The van der Waals surface area contributed by atoms with Gasteiger partial charge in [0.05, 0.1) is 0 Å². The maximum absolute atomic E-state index is 10.9. The highest BCUT2D eigenvalue weighted by atomic mass is 35.5. The lowest BCUT2D eigenvalue weighted by molar-refractivity contribution is -0.114. The number of amides is 1. The Morgan fingerprint density at radius 2 is 1.95 bits per heavy atom. The van der Waals surface area contributed by atoms with Gasteiger partial charge < -0.3 is 5.32 Å². The molecule has 0 aliphatic rings. The summed E-state index contributed by atoms with van der Waals surface area (Å²) in [5.74, 6) is -0.0856. The van der Waals surface area contributed by atoms with Gasteiger partial charge in [-0.05, 0) is 30.5 Å². The molecule has 0 saturated carbocycles. The second-order valence-electron chi connectivity index (χ2n) is 3.82. The standard InChI is InChI=1S/C13H12ClN3OS2/c1-8(18)15-9-3-5-10(6-4-9)20-12-7-11(14)16-13(17-12)19-2/h3-7H,1-2H3,(H,15,18). The minimum atomic E-state index is -0.0856. The first kappa shape index (κ1) is 15.2. The largest absolute Gasteiger partial charge is 0.326 e. The number of carbonyl (C=O) groups excluding carboxylic acids is 1. The molecule has 0 spiro atoms. The van der Waals surface area contributed by atoms with Crippen LogP contribution in [0.5, 0.6) is 0 Å². The number of benzene rings is 1. The Kier molecular flexibility index (Phi) is 5.28. The number of nitrogens with zero attached hydrogens (tertiary/aromatic N) is 2. The van der Waals surface area contributed by atoms with Gasteiger partial charge in [0, 0.05) is 23.6 Å². The first-order valence-corrected chi connectivity index (χ1v) is 8.13. The van der Waals surface area contributed by atoms with Gasteiger partial charge in [-0.1, -0.05) is 35.1 Å². The van der Waals surface area contributed by atoms with Crippen molar-refractivity contribution in [3.63, 3.8) is 0 Å². The third-order valence-corrected chi connectivity index (χ3v) is 3.90. The zero-order valence-electron chi connectivity index (χ0n) is 10.9. The summed E-state index contributed by atoms with van der Waals surface area (Å²) >= 11 is 8.90. The van der Waals surface area contributed by atoms with Crippen LogP contribution < -0.4 is 5.32 Å². The molecule has 1 amide bonds. The van der Waals surface area contributed by atoms with Gasteiger partial charge in [0.1, 0.15) is 10.2 Å². The fraction of sp³-hybridized carbons (Fsp3) is 0.154. The van der Waals surface area contributed by atoms with Gasteiger partial charge in [-0.15, -0.1) is 0 Å². The second-order valence-corrected chi connectivity index (χ2v) is 6.08. The van der Waals surface area contributed by atoms with Gasteiger partial charge in [0.15, 0.2) is 5.16 Å². The third kappa shape index (κ3) is 4.40. The fourth-order valence-electron chi connectivity index (χ4n) is 1.45. The van der Waals surface area contributed by atoms with Gasteiger partial charge in [-0.3, -0.25) is 4.79 Å². The fourth-order valence-corrected chi connectivity index (χ4v) is 3.00. The van der Waals surface area contributed by atoms with Crippen LogP contribution in [0.15, 0.2) is 45.4 Å². The van der Waals surface area contributed by atoms with E-state index in [0.29, 0.717) is 10.3 Å². The van der Waals surface area contributed by atoms with Gasteiger partial charge in [-0.2, -0.15) is 0 Å². The minimum absolute atomic E-state index is 0.0856. The van der Waals surface area contributed by atoms with E-state index in [4.69, 9.17) is 11.6 Å². The van der Waals surface area contributed by atoms with Crippen LogP contribution in [0, 0.1) is 0 Å². The summed E-state index contributed by atoms with van der Waals surface area (Å²) in [6.45, 7) is 1.48. The van der Waals surface area contributed by atoms with Crippen molar-refractivity contribution in [3.05, 3.63) is 35.5 Å². The van der Waals surface area contributed by atoms with Crippen molar-refractivity contribution in [1.82, 2.24) is 9.97 Å². The Bertz CT molecular complexity index is 620. The van der Waals surface area contributed by atoms with E-state index in [9.17, 15) is 4.79 Å². The summed E-state index contributed by atoms with van der Waals surface area (Å²) in [6, 6.07) is 9.27. The number of hydrogen-bond donors (Lipinski definition) is 1. The van der Waals surface area contributed by atoms with E-state index in [1.807, 2.05) is 30.5 Å². The molecule has 7 heteroatoms. The van der Waals surface area contributed by atoms with E-state index in [1.54, 1.807) is 6.07 Å². The van der Waals surface area contributed by atoms with Crippen LogP contribution in [0.1, 0.15) is 6.92 Å². The molecule has 0 bridgehead atoms. The average Bonchev–Trinajstić information content (AvgIpc) is 2.39. The van der Waals surface area contributed by atoms with Crippen LogP contribution >= 0.6 is 35.1 Å². The normalized spacial score (nSPS) is 10.3. The summed E-state index contributed by atoms with van der Waals surface area (Å²) in [7, 11) is 0. The van der Waals surface area contributed by atoms with Crippen LogP contribution in [0.2, 0.25) is 5.15 Å². The molecule has 1 heterocycles. The molecule has 20 heavy (non-hydrogen) atoms. The highest BCUT2D eigenvalue weighted by Crippen LogP contribution is 2.29. The summed E-state index contributed by atoms with van der Waals surface area (Å²) in [5, 5.41) is 4.60. The molecule has 0 fully saturated rings. The smallest absolute Gasteiger partial charge is 0.221 e. The third-order valence-electron chi connectivity index (χ3n) is 2.23. The minimum Gasteiger partial charge on any atom is -0.326 e. The van der Waals surface area contributed by atoms with E-state index >= 15 is 0 Å². The van der Waals surface area contributed by atoms with Gasteiger partial charge in [-0.25, -0.2) is 9.97 Å². The lowest BCUT2D eigenvalue weighted by Gasteiger charge is -2.05. The first-order chi connectivity index (χ1) is 9.56. The average molecular weight is 326 g/mol. The second kappa shape index (κ2) is 6.97. The Morgan fingerprint density at radius 3 is 2.55 bits per heavy atom. The molecule has 0 radical (unpaired) electrons. The predicted octanol–water partition coefficient (Wildman–Crippen LogP) is 3.96. The molecule has 1 aromatic heterocycles. The van der Waals surface area contributed by atoms with Crippen LogP contribution in [-0.4, -0.2) is 22.1 Å². The van der Waals surface area contributed by atoms with Crippen molar-refractivity contribution >= 4 is 46.7 Å². The van der Waals surface area contributed by atoms with Crippen molar-refractivity contribution in [2.75, 3.05) is 11.6 Å². The number of hydrogen-bond acceptors (Lipinski definition) is 5. The summed E-state index contributed by atoms with van der Waals surface area (Å²) < 4.78 is 0. The number of halogens is 1. The Balaban J connectivity index is 2.13. The van der Waals surface area contributed by atoms with E-state index in [2.05, 4.69) is 15.3 Å². The van der Waals surface area contributed by atoms with E-state index in [1.165, 1.54) is 30.4 Å². The highest BCUT2D eigenvalue weighted by molar-refractivity contribution is 7.99. The molecule has 2 rings (SSSR count). The van der Waals surface area contributed by atoms with Crippen molar-refractivity contribution in [1.29, 1.82) is 0 Å². The summed E-state index contributed by atoms with van der Waals surface area (Å²) in [5.41, 5.74) is 0.771. The molecule has 0 unspecified atom stereocenters. The van der Waals surface area contributed by atoms with Crippen molar-refractivity contribution in [2.24, 2.45) is 0 Å². The monoisotopic (exact) mass is 325 g/mol. The van der Waals surface area contributed by atoms with Crippen LogP contribution in [-0.2, 0) is 4.79 Å². The zero-order chi connectivity index (χ0) is 14.5. The zero-order valence-corrected chi connectivity index (χ0v) is 13.3. The SMILES string of the molecule is CSc1nc(Cl)cc(Sc2ccc(NC(C)=O)cc2)n1. The molecule has 0 atom stereocenters. The van der Waals surface area contributed by atoms with Crippen molar-refractivity contribution in [3.8, 4) is 0 Å². The van der Waals surface area contributed by atoms with E-state index in [0.717, 1.165) is 15.6 Å². The number of rotatable bonds is 4. The van der Waals surface area contributed by atoms with Crippen LogP contribution in [0.4, 0.5) is 5.69 Å². The van der Waals surface area contributed by atoms with Crippen LogP contribution in [0.3, 0.4) is 0 Å². The number of nitrogens with one attached hydrogen (secondary N) is 1. The molecule has 1 aromatic carbocycles. The van der Waals surface area contributed by atoms with Gasteiger partial charge >= 0.3 is 0 Å². The van der Waals surface area contributed by atoms with E-state index in [-0.39, 0.29) is 5.91 Å². The van der Waals surface area contributed by atoms with Crippen molar-refractivity contribution < 1.29 is 4.79 Å². The van der Waals surface area contributed by atoms with Crippen LogP contribution in [0.25, 0.3) is 0 Å².